The van der Waals surface area contributed by atoms with Crippen LogP contribution >= 0.6 is 0 Å². The minimum absolute atomic E-state index is 0.00265. The molecule has 0 saturated carbocycles. The summed E-state index contributed by atoms with van der Waals surface area (Å²) in [5, 5.41) is -0.292. The Kier molecular flexibility index (Phi) is 9.73. The van der Waals surface area contributed by atoms with Crippen molar-refractivity contribution < 1.29 is 18.5 Å². The molecule has 3 rings (SSSR count). The summed E-state index contributed by atoms with van der Waals surface area (Å²) in [5.74, 6) is -0.228. The van der Waals surface area contributed by atoms with Crippen molar-refractivity contribution in [2.24, 2.45) is 0 Å². The number of fused-ring (bicyclic) bond motifs is 1. The Morgan fingerprint density at radius 2 is 1.85 bits per heavy atom. The van der Waals surface area contributed by atoms with E-state index in [9.17, 15) is 18.6 Å². The Labute approximate surface area is 228 Å². The third-order valence-corrected chi connectivity index (χ3v) is 7.68. The topological polar surface area (TPSA) is 170 Å². The molecule has 3 N–H and O–H groups in total. The van der Waals surface area contributed by atoms with Crippen molar-refractivity contribution in [3.05, 3.63) is 46.4 Å². The third-order valence-electron chi connectivity index (χ3n) is 5.92. The van der Waals surface area contributed by atoms with Gasteiger partial charge in [0.25, 0.3) is 0 Å². The molecule has 1 unspecified atom stereocenters. The van der Waals surface area contributed by atoms with Crippen molar-refractivity contribution in [1.82, 2.24) is 28.9 Å². The van der Waals surface area contributed by atoms with Gasteiger partial charge < -0.3 is 20.3 Å². The number of imidazole rings is 1. The summed E-state index contributed by atoms with van der Waals surface area (Å²) in [5.41, 5.74) is 6.16. The zero-order chi connectivity index (χ0) is 28.7. The normalized spacial score (nSPS) is 12.7. The number of nitrogens with zero attached hydrogens (tertiary/aromatic N) is 6. The standard InChI is InChI=1S/C24H33BN8O5S/c1-4-15-39(27,37)21-28-19(26)18-20(29-21)32(16-17-9-6-5-7-10-17)23(35)33(18)22(34)30(2)13-14-38-24(36)31(3)12-8-11-25/h5-7,9-10,27H,4,8,11-16H2,1-3H3,(H2,26,28,29). The van der Waals surface area contributed by atoms with Crippen LogP contribution in [0.25, 0.3) is 11.2 Å². The summed E-state index contributed by atoms with van der Waals surface area (Å²) in [6.07, 6.45) is 0.960. The maximum absolute atomic E-state index is 13.6. The van der Waals surface area contributed by atoms with Crippen LogP contribution in [0.5, 0.6) is 0 Å². The number of nitrogen functional groups attached to an aromatic ring is 1. The van der Waals surface area contributed by atoms with Crippen LogP contribution in [0, 0.1) is 4.78 Å². The van der Waals surface area contributed by atoms with Crippen LogP contribution in [0.4, 0.5) is 15.4 Å². The maximum atomic E-state index is 13.6. The molecule has 0 saturated heterocycles. The van der Waals surface area contributed by atoms with Gasteiger partial charge in [-0.3, -0.25) is 4.57 Å². The lowest BCUT2D eigenvalue weighted by molar-refractivity contribution is 0.103. The van der Waals surface area contributed by atoms with Gasteiger partial charge in [-0.15, -0.1) is 0 Å². The number of hydrogen-bond donors (Lipinski definition) is 2. The maximum Gasteiger partial charge on any atom is 0.409 e. The molecule has 39 heavy (non-hydrogen) atoms. The zero-order valence-corrected chi connectivity index (χ0v) is 23.1. The van der Waals surface area contributed by atoms with Gasteiger partial charge in [0, 0.05) is 26.4 Å². The van der Waals surface area contributed by atoms with Gasteiger partial charge in [0.2, 0.25) is 5.16 Å². The van der Waals surface area contributed by atoms with E-state index in [2.05, 4.69) is 9.97 Å². The first-order chi connectivity index (χ1) is 18.5. The number of anilines is 1. The highest BCUT2D eigenvalue weighted by atomic mass is 32.2. The predicted molar refractivity (Wildman–Crippen MR) is 149 cm³/mol. The molecular formula is C24H33BN8O5S. The average molecular weight is 556 g/mol. The fourth-order valence-electron chi connectivity index (χ4n) is 3.83. The molecule has 13 nitrogen and oxygen atoms in total. The van der Waals surface area contributed by atoms with E-state index in [1.807, 2.05) is 6.07 Å². The van der Waals surface area contributed by atoms with E-state index < -0.39 is 27.5 Å². The molecule has 2 amide bonds. The predicted octanol–water partition coefficient (Wildman–Crippen LogP) is 1.98. The van der Waals surface area contributed by atoms with Crippen molar-refractivity contribution in [2.45, 2.75) is 37.8 Å². The van der Waals surface area contributed by atoms with Crippen LogP contribution in [-0.4, -0.2) is 92.6 Å². The van der Waals surface area contributed by atoms with E-state index in [0.717, 1.165) is 10.1 Å². The highest BCUT2D eigenvalue weighted by molar-refractivity contribution is 7.92. The molecule has 2 radical (unpaired) electrons. The van der Waals surface area contributed by atoms with E-state index in [0.29, 0.717) is 25.7 Å². The number of amides is 2. The summed E-state index contributed by atoms with van der Waals surface area (Å²) in [6.45, 7) is 2.14. The molecule has 2 heterocycles. The lowest BCUT2D eigenvalue weighted by atomic mass is 10.0. The molecule has 15 heteroatoms. The summed E-state index contributed by atoms with van der Waals surface area (Å²) in [4.78, 5) is 50.1. The number of hydrogen-bond acceptors (Lipinski definition) is 9. The Balaban J connectivity index is 1.98. The lowest BCUT2D eigenvalue weighted by Crippen LogP contribution is -2.40. The summed E-state index contributed by atoms with van der Waals surface area (Å²) >= 11 is 0. The highest BCUT2D eigenvalue weighted by Crippen LogP contribution is 2.22. The Hall–Kier alpha value is -3.88. The second-order valence-corrected chi connectivity index (χ2v) is 11.1. The van der Waals surface area contributed by atoms with Crippen molar-refractivity contribution in [2.75, 3.05) is 45.3 Å². The van der Waals surface area contributed by atoms with Crippen LogP contribution in [-0.2, 0) is 21.0 Å². The van der Waals surface area contributed by atoms with Gasteiger partial charge in [0.1, 0.15) is 21.9 Å². The van der Waals surface area contributed by atoms with E-state index in [4.69, 9.17) is 23.1 Å². The molecule has 0 aliphatic rings. The lowest BCUT2D eigenvalue weighted by Gasteiger charge is -2.20. The molecule has 2 aromatic heterocycles. The fraction of sp³-hybridized carbons (Fsp3) is 0.458. The number of rotatable bonds is 11. The first kappa shape index (κ1) is 29.7. The van der Waals surface area contributed by atoms with Gasteiger partial charge in [0.15, 0.2) is 11.5 Å². The molecule has 3 aromatic rings. The van der Waals surface area contributed by atoms with E-state index in [1.54, 1.807) is 38.2 Å². The van der Waals surface area contributed by atoms with Gasteiger partial charge in [-0.2, -0.15) is 4.98 Å². The van der Waals surface area contributed by atoms with Gasteiger partial charge in [-0.25, -0.2) is 32.9 Å². The smallest absolute Gasteiger partial charge is 0.409 e. The minimum Gasteiger partial charge on any atom is -0.448 e. The van der Waals surface area contributed by atoms with Crippen LogP contribution in [0.1, 0.15) is 25.3 Å². The number of nitrogens with one attached hydrogen (secondary N) is 1. The van der Waals surface area contributed by atoms with E-state index >= 15 is 0 Å². The van der Waals surface area contributed by atoms with Gasteiger partial charge in [-0.1, -0.05) is 43.6 Å². The number of carbonyl (C=O) groups excluding carboxylic acids is 2. The number of carbonyl (C=O) groups is 2. The Bertz CT molecular complexity index is 1490. The number of benzene rings is 1. The van der Waals surface area contributed by atoms with Crippen LogP contribution in [0.3, 0.4) is 0 Å². The van der Waals surface area contributed by atoms with Crippen molar-refractivity contribution in [3.63, 3.8) is 0 Å². The van der Waals surface area contributed by atoms with E-state index in [1.165, 1.54) is 21.4 Å². The SMILES string of the molecule is [B]CCCN(C)C(=O)OCCN(C)C(=O)n1c(=O)n(Cc2ccccc2)c2nc(S(=N)(=O)CCC)nc(N)c21. The minimum atomic E-state index is -3.37. The largest absolute Gasteiger partial charge is 0.448 e. The highest BCUT2D eigenvalue weighted by Gasteiger charge is 2.27. The quantitative estimate of drug-likeness (QED) is 0.267. The average Bonchev–Trinajstić information content (AvgIpc) is 3.18. The fourth-order valence-corrected chi connectivity index (χ4v) is 5.06. The molecule has 208 valence electrons. The summed E-state index contributed by atoms with van der Waals surface area (Å²) in [6, 6.07) is 8.30. The molecule has 1 aromatic carbocycles. The molecular weight excluding hydrogens is 523 g/mol. The molecule has 1 atom stereocenters. The summed E-state index contributed by atoms with van der Waals surface area (Å²) in [7, 11) is 5.13. The second kappa shape index (κ2) is 12.8. The second-order valence-electron chi connectivity index (χ2n) is 9.02. The number of ether oxygens (including phenoxy) is 1. The molecule has 0 aliphatic heterocycles. The monoisotopic (exact) mass is 556 g/mol. The summed E-state index contributed by atoms with van der Waals surface area (Å²) < 4.78 is 28.5. The number of likely N-dealkylation sites (N-methyl/N-ethyl adjacent to an activating group) is 1. The Morgan fingerprint density at radius 1 is 1.15 bits per heavy atom. The molecule has 0 bridgehead atoms. The van der Waals surface area contributed by atoms with Crippen LogP contribution in [0.2, 0.25) is 6.32 Å². The molecule has 0 spiro atoms. The van der Waals surface area contributed by atoms with Crippen molar-refractivity contribution >= 4 is 46.7 Å². The number of aromatic nitrogens is 4. The first-order valence-electron chi connectivity index (χ1n) is 12.4. The van der Waals surface area contributed by atoms with Gasteiger partial charge in [0.05, 0.1) is 20.9 Å². The van der Waals surface area contributed by atoms with Crippen LogP contribution < -0.4 is 11.4 Å². The van der Waals surface area contributed by atoms with E-state index in [-0.39, 0.29) is 47.6 Å². The van der Waals surface area contributed by atoms with Crippen molar-refractivity contribution in [3.8, 4) is 0 Å². The first-order valence-corrected chi connectivity index (χ1v) is 14.2. The van der Waals surface area contributed by atoms with Crippen molar-refractivity contribution in [1.29, 1.82) is 4.78 Å². The zero-order valence-electron chi connectivity index (χ0n) is 22.3. The third kappa shape index (κ3) is 6.77. The molecule has 0 fully saturated rings. The van der Waals surface area contributed by atoms with Crippen LogP contribution in [0.15, 0.2) is 40.3 Å². The Morgan fingerprint density at radius 3 is 2.49 bits per heavy atom. The van der Waals surface area contributed by atoms with Gasteiger partial charge in [-0.05, 0) is 18.4 Å². The molecule has 0 aliphatic carbocycles. The van der Waals surface area contributed by atoms with Gasteiger partial charge >= 0.3 is 17.8 Å². The number of nitrogens with two attached hydrogens (primary N) is 1.